The van der Waals surface area contributed by atoms with Gasteiger partial charge in [-0.25, -0.2) is 0 Å². The van der Waals surface area contributed by atoms with Gasteiger partial charge < -0.3 is 0 Å². The molecule has 0 spiro atoms. The maximum atomic E-state index is 11.4. The van der Waals surface area contributed by atoms with Crippen molar-refractivity contribution in [1.82, 2.24) is 0 Å². The molecular weight excluding hydrogens is 204 g/mol. The lowest BCUT2D eigenvalue weighted by Crippen LogP contribution is -2.22. The third-order valence-electron chi connectivity index (χ3n) is 3.31. The van der Waals surface area contributed by atoms with Crippen molar-refractivity contribution >= 4 is 17.7 Å². The number of hydrogen-bond donors (Lipinski definition) is 1. The van der Waals surface area contributed by atoms with E-state index >= 15 is 0 Å². The lowest BCUT2D eigenvalue weighted by Gasteiger charge is -2.29. The second kappa shape index (κ2) is 4.84. The van der Waals surface area contributed by atoms with E-state index in [1.54, 1.807) is 0 Å². The third kappa shape index (κ3) is 2.43. The van der Waals surface area contributed by atoms with Crippen molar-refractivity contribution in [2.45, 2.75) is 31.6 Å². The minimum Gasteiger partial charge on any atom is -0.287 e. The van der Waals surface area contributed by atoms with Crippen LogP contribution in [0.5, 0.6) is 0 Å². The van der Waals surface area contributed by atoms with Gasteiger partial charge in [-0.15, -0.1) is 12.6 Å². The summed E-state index contributed by atoms with van der Waals surface area (Å²) in [5.74, 6) is 0.523. The van der Waals surface area contributed by atoms with E-state index in [0.717, 1.165) is 12.8 Å². The van der Waals surface area contributed by atoms with Gasteiger partial charge in [0.05, 0.1) is 0 Å². The first-order valence-electron chi connectivity index (χ1n) is 5.57. The number of thiol groups is 1. The number of rotatable bonds is 2. The second-order valence-electron chi connectivity index (χ2n) is 4.25. The molecule has 0 radical (unpaired) electrons. The molecule has 1 aromatic carbocycles. The van der Waals surface area contributed by atoms with E-state index in [4.69, 9.17) is 0 Å². The Hall–Kier alpha value is -0.760. The summed E-state index contributed by atoms with van der Waals surface area (Å²) in [4.78, 5) is 11.4. The molecule has 2 unspecified atom stereocenters. The molecule has 0 saturated heterocycles. The Balaban J connectivity index is 2.22. The molecule has 2 rings (SSSR count). The average Bonchev–Trinajstić information content (AvgIpc) is 2.30. The van der Waals surface area contributed by atoms with Gasteiger partial charge in [-0.2, -0.15) is 0 Å². The molecule has 1 aliphatic carbocycles. The molecule has 80 valence electrons. The first-order valence-corrected chi connectivity index (χ1v) is 6.01. The Morgan fingerprint density at radius 3 is 2.47 bits per heavy atom. The molecule has 0 amide bonds. The Morgan fingerprint density at radius 1 is 1.13 bits per heavy atom. The summed E-state index contributed by atoms with van der Waals surface area (Å²) in [7, 11) is 0. The predicted octanol–water partition coefficient (Wildman–Crippen LogP) is 3.42. The highest BCUT2D eigenvalue weighted by Gasteiger charge is 2.29. The van der Waals surface area contributed by atoms with Crippen LogP contribution in [0.1, 0.15) is 37.2 Å². The monoisotopic (exact) mass is 220 g/mol. The minimum atomic E-state index is 0.0588. The Kier molecular flexibility index (Phi) is 3.47. The predicted molar refractivity (Wildman–Crippen MR) is 65.1 cm³/mol. The standard InChI is InChI=1S/C13H16OS/c14-13(15)12-9-5-4-8-11(12)10-6-2-1-3-7-10/h1-3,6-7,11-12H,4-5,8-9H2,(H,14,15). The molecule has 0 bridgehead atoms. The van der Waals surface area contributed by atoms with E-state index in [1.807, 2.05) is 18.2 Å². The van der Waals surface area contributed by atoms with Crippen LogP contribution in [0.25, 0.3) is 0 Å². The zero-order valence-corrected chi connectivity index (χ0v) is 9.62. The summed E-state index contributed by atoms with van der Waals surface area (Å²) in [5, 5.41) is 0.0588. The fourth-order valence-electron chi connectivity index (χ4n) is 2.53. The molecule has 0 heterocycles. The Morgan fingerprint density at radius 2 is 1.80 bits per heavy atom. The molecule has 1 saturated carbocycles. The van der Waals surface area contributed by atoms with Crippen molar-refractivity contribution in [1.29, 1.82) is 0 Å². The maximum absolute atomic E-state index is 11.4. The van der Waals surface area contributed by atoms with Crippen LogP contribution in [0.3, 0.4) is 0 Å². The summed E-state index contributed by atoms with van der Waals surface area (Å²) >= 11 is 4.01. The third-order valence-corrected chi connectivity index (χ3v) is 3.64. The van der Waals surface area contributed by atoms with Crippen molar-refractivity contribution in [2.24, 2.45) is 5.92 Å². The van der Waals surface area contributed by atoms with Crippen molar-refractivity contribution in [3.63, 3.8) is 0 Å². The normalized spacial score (nSPS) is 26.2. The smallest absolute Gasteiger partial charge is 0.189 e. The van der Waals surface area contributed by atoms with Gasteiger partial charge in [-0.1, -0.05) is 43.2 Å². The van der Waals surface area contributed by atoms with Gasteiger partial charge in [0.25, 0.3) is 0 Å². The highest BCUT2D eigenvalue weighted by atomic mass is 32.1. The summed E-state index contributed by atoms with van der Waals surface area (Å²) < 4.78 is 0. The van der Waals surface area contributed by atoms with Crippen LogP contribution in [0, 0.1) is 5.92 Å². The quantitative estimate of drug-likeness (QED) is 0.756. The van der Waals surface area contributed by atoms with Gasteiger partial charge in [0.15, 0.2) is 5.12 Å². The van der Waals surface area contributed by atoms with Crippen molar-refractivity contribution in [3.05, 3.63) is 35.9 Å². The fourth-order valence-corrected chi connectivity index (χ4v) is 2.83. The van der Waals surface area contributed by atoms with E-state index in [9.17, 15) is 4.79 Å². The highest BCUT2D eigenvalue weighted by molar-refractivity contribution is 7.96. The Labute approximate surface area is 96.3 Å². The van der Waals surface area contributed by atoms with Gasteiger partial charge in [-0.05, 0) is 24.3 Å². The summed E-state index contributed by atoms with van der Waals surface area (Å²) in [5.41, 5.74) is 1.30. The molecular formula is C13H16OS. The molecule has 1 fully saturated rings. The molecule has 2 heteroatoms. The van der Waals surface area contributed by atoms with Crippen LogP contribution in [0.4, 0.5) is 0 Å². The van der Waals surface area contributed by atoms with Gasteiger partial charge in [0.2, 0.25) is 0 Å². The zero-order valence-electron chi connectivity index (χ0n) is 8.73. The van der Waals surface area contributed by atoms with E-state index < -0.39 is 0 Å². The topological polar surface area (TPSA) is 17.1 Å². The minimum absolute atomic E-state index is 0.0588. The molecule has 2 atom stereocenters. The van der Waals surface area contributed by atoms with Crippen LogP contribution < -0.4 is 0 Å². The van der Waals surface area contributed by atoms with Gasteiger partial charge >= 0.3 is 0 Å². The van der Waals surface area contributed by atoms with Crippen molar-refractivity contribution in [2.75, 3.05) is 0 Å². The van der Waals surface area contributed by atoms with Gasteiger partial charge in [-0.3, -0.25) is 4.79 Å². The molecule has 0 aliphatic heterocycles. The first-order chi connectivity index (χ1) is 7.29. The van der Waals surface area contributed by atoms with Gasteiger partial charge in [0, 0.05) is 5.92 Å². The van der Waals surface area contributed by atoms with E-state index in [0.29, 0.717) is 5.92 Å². The van der Waals surface area contributed by atoms with Crippen molar-refractivity contribution in [3.8, 4) is 0 Å². The number of carbonyl (C=O) groups excluding carboxylic acids is 1. The molecule has 1 nitrogen and oxygen atoms in total. The van der Waals surface area contributed by atoms with Crippen LogP contribution in [-0.2, 0) is 4.79 Å². The molecule has 1 aromatic rings. The fraction of sp³-hybridized carbons (Fsp3) is 0.462. The highest BCUT2D eigenvalue weighted by Crippen LogP contribution is 2.38. The molecule has 0 N–H and O–H groups in total. The van der Waals surface area contributed by atoms with E-state index in [1.165, 1.54) is 18.4 Å². The van der Waals surface area contributed by atoms with Gasteiger partial charge in [0.1, 0.15) is 0 Å². The summed E-state index contributed by atoms with van der Waals surface area (Å²) in [6.07, 6.45) is 4.53. The molecule has 0 aromatic heterocycles. The van der Waals surface area contributed by atoms with Crippen LogP contribution in [-0.4, -0.2) is 5.12 Å². The lowest BCUT2D eigenvalue weighted by molar-refractivity contribution is -0.115. The second-order valence-corrected chi connectivity index (χ2v) is 4.69. The lowest BCUT2D eigenvalue weighted by atomic mass is 9.76. The van der Waals surface area contributed by atoms with Crippen LogP contribution >= 0.6 is 12.6 Å². The first kappa shape index (κ1) is 10.7. The largest absolute Gasteiger partial charge is 0.287 e. The van der Waals surface area contributed by atoms with Crippen LogP contribution in [0.2, 0.25) is 0 Å². The molecule has 1 aliphatic rings. The molecule has 15 heavy (non-hydrogen) atoms. The maximum Gasteiger partial charge on any atom is 0.189 e. The Bertz CT molecular complexity index is 334. The van der Waals surface area contributed by atoms with E-state index in [2.05, 4.69) is 24.8 Å². The number of hydrogen-bond acceptors (Lipinski definition) is 1. The van der Waals surface area contributed by atoms with Crippen molar-refractivity contribution < 1.29 is 4.79 Å². The van der Waals surface area contributed by atoms with E-state index in [-0.39, 0.29) is 11.0 Å². The van der Waals surface area contributed by atoms with Crippen LogP contribution in [0.15, 0.2) is 30.3 Å². The SMILES string of the molecule is O=C(S)C1CCCCC1c1ccccc1. The summed E-state index contributed by atoms with van der Waals surface area (Å²) in [6, 6.07) is 10.4. The summed E-state index contributed by atoms with van der Waals surface area (Å²) in [6.45, 7) is 0. The number of carbonyl (C=O) groups is 1. The zero-order chi connectivity index (χ0) is 10.7. The number of benzene rings is 1. The average molecular weight is 220 g/mol.